The van der Waals surface area contributed by atoms with E-state index in [-0.39, 0.29) is 56.5 Å². The van der Waals surface area contributed by atoms with Crippen LogP contribution in [0.2, 0.25) is 0 Å². The van der Waals surface area contributed by atoms with Gasteiger partial charge in [0.25, 0.3) is 0 Å². The van der Waals surface area contributed by atoms with Gasteiger partial charge in [-0.25, -0.2) is 0 Å². The topological polar surface area (TPSA) is 0 Å². The van der Waals surface area contributed by atoms with Crippen LogP contribution in [0, 0.1) is 17.3 Å². The summed E-state index contributed by atoms with van der Waals surface area (Å²) >= 11 is -3.82. The van der Waals surface area contributed by atoms with Gasteiger partial charge in [0.2, 0.25) is 0 Å². The van der Waals surface area contributed by atoms with Gasteiger partial charge in [0.1, 0.15) is 0 Å². The van der Waals surface area contributed by atoms with Crippen LogP contribution in [0.3, 0.4) is 0 Å². The first-order chi connectivity index (χ1) is 25.3. The molecule has 0 saturated carbocycles. The van der Waals surface area contributed by atoms with Gasteiger partial charge in [-0.2, -0.15) is 0 Å². The number of benzene rings is 4. The summed E-state index contributed by atoms with van der Waals surface area (Å²) in [4.78, 5) is 0. The minimum atomic E-state index is -4.63. The Hall–Kier alpha value is -2.73. The van der Waals surface area contributed by atoms with Crippen molar-refractivity contribution >= 4 is 3.21 Å². The summed E-state index contributed by atoms with van der Waals surface area (Å²) in [6.45, 7) is 23.9. The average Bonchev–Trinajstić information content (AvgIpc) is 3.66. The molecule has 0 radical (unpaired) electrons. The van der Waals surface area contributed by atoms with Gasteiger partial charge in [-0.1, -0.05) is 0 Å². The minimum Gasteiger partial charge on any atom is -1.00 e. The minimum absolute atomic E-state index is 0. The summed E-state index contributed by atoms with van der Waals surface area (Å²) in [6.07, 6.45) is -4.67. The third-order valence-electron chi connectivity index (χ3n) is 11.2. The molecule has 9 heteroatoms. The molecule has 4 aromatic carbocycles. The van der Waals surface area contributed by atoms with Gasteiger partial charge < -0.3 is 24.8 Å². The molecule has 0 bridgehead atoms. The summed E-state index contributed by atoms with van der Waals surface area (Å²) in [7, 11) is 0. The maximum Gasteiger partial charge on any atom is -1.00 e. The van der Waals surface area contributed by atoms with Crippen molar-refractivity contribution in [2.24, 2.45) is 17.3 Å². The molecule has 4 aromatic rings. The maximum atomic E-state index is 14.5. The molecule has 0 heterocycles. The molecule has 0 aliphatic heterocycles. The number of hydrogen-bond acceptors (Lipinski definition) is 0. The Morgan fingerprint density at radius 2 is 0.965 bits per heavy atom. The zero-order valence-corrected chi connectivity index (χ0v) is 38.5. The number of hydrogen-bond donors (Lipinski definition) is 0. The fraction of sp³-hybridized carbons (Fsp3) is 0.396. The van der Waals surface area contributed by atoms with Crippen LogP contribution in [0.15, 0.2) is 106 Å². The van der Waals surface area contributed by atoms with Crippen molar-refractivity contribution in [2.75, 3.05) is 0 Å². The van der Waals surface area contributed by atoms with Gasteiger partial charge in [0.05, 0.1) is 0 Å². The molecule has 0 spiro atoms. The maximum absolute atomic E-state index is 14.5. The van der Waals surface area contributed by atoms with Crippen LogP contribution in [-0.2, 0) is 44.4 Å². The molecule has 0 fully saturated rings. The number of alkyl halides is 6. The van der Waals surface area contributed by atoms with Crippen molar-refractivity contribution in [3.63, 3.8) is 0 Å². The van der Waals surface area contributed by atoms with E-state index in [4.69, 9.17) is 0 Å². The molecule has 0 amide bonds. The summed E-state index contributed by atoms with van der Waals surface area (Å²) < 4.78 is 88.7. The second-order valence-corrected chi connectivity index (χ2v) is 24.8. The molecule has 1 unspecified atom stereocenters. The Morgan fingerprint density at radius 1 is 0.544 bits per heavy atom. The molecule has 2 aliphatic carbocycles. The van der Waals surface area contributed by atoms with Gasteiger partial charge in [-0.3, -0.25) is 0 Å². The first-order valence-corrected chi connectivity index (χ1v) is 23.0. The van der Waals surface area contributed by atoms with Gasteiger partial charge in [-0.05, 0) is 0 Å². The molecule has 0 nitrogen and oxygen atoms in total. The quantitative estimate of drug-likeness (QED) is 0.177. The van der Waals surface area contributed by atoms with Gasteiger partial charge >= 0.3 is 333 Å². The van der Waals surface area contributed by atoms with E-state index in [9.17, 15) is 26.3 Å². The van der Waals surface area contributed by atoms with Crippen molar-refractivity contribution in [2.45, 2.75) is 103 Å². The SMILES string of the molecule is CC(C)C1C=C(C(C)(C)C)C=[C]1[Zr+2](=[C](c1cccc(C(F)(F)F)c1)c1cccc(C(F)(F)F)c1)[CH]1c2ccc(C(C)(C)C)cc2-c2cc(C(C)(C)C)ccc21.[Cl-].[Cl-]. The van der Waals surface area contributed by atoms with Crippen molar-refractivity contribution in [3.05, 3.63) is 150 Å². The van der Waals surface area contributed by atoms with Crippen LogP contribution >= 0.6 is 0 Å². The number of rotatable bonds is 5. The second-order valence-electron chi connectivity index (χ2n) is 18.7. The summed E-state index contributed by atoms with van der Waals surface area (Å²) in [5.41, 5.74) is 6.43. The van der Waals surface area contributed by atoms with Crippen LogP contribution in [0.4, 0.5) is 26.3 Å². The molecular weight excluding hydrogens is 853 g/mol. The van der Waals surface area contributed by atoms with Crippen LogP contribution in [0.5, 0.6) is 0 Å². The molecule has 57 heavy (non-hydrogen) atoms. The largest absolute Gasteiger partial charge is 1.00 e. The predicted molar refractivity (Wildman–Crippen MR) is 211 cm³/mol. The molecule has 6 rings (SSSR count). The standard InChI is InChI=1S/C21H25.C15H8F6.C12H19.2ClH.Zr/c1-20(2,3)16-9-7-14-11-15-8-10-17(21(4,5)6)13-19(15)18(14)12-16;16-14(17,18)12-5-1-3-10(8-12)7-11-4-2-6-13(9-11)15(19,20)21;1-9(2)10-6-7-11(8-10)12(3,4)5;;;/h7-13H,1-6H3;1-6,8-9H;7-10H,1-5H3;2*1H;/q;;;;;+2/p-2. The molecular formula is C48H52Cl2F6Zr. The first-order valence-electron chi connectivity index (χ1n) is 19.1. The fourth-order valence-corrected chi connectivity index (χ4v) is 18.0. The van der Waals surface area contributed by atoms with E-state index in [1.54, 1.807) is 12.1 Å². The number of allylic oxidation sites excluding steroid dienone is 4. The molecule has 1 atom stereocenters. The normalized spacial score (nSPS) is 15.8. The van der Waals surface area contributed by atoms with E-state index in [1.807, 2.05) is 0 Å². The van der Waals surface area contributed by atoms with E-state index in [0.29, 0.717) is 14.3 Å². The van der Waals surface area contributed by atoms with E-state index in [2.05, 4.69) is 125 Å². The van der Waals surface area contributed by atoms with Gasteiger partial charge in [0, 0.05) is 0 Å². The predicted octanol–water partition coefficient (Wildman–Crippen LogP) is 8.43. The smallest absolute Gasteiger partial charge is 1.00 e. The van der Waals surface area contributed by atoms with Crippen molar-refractivity contribution < 1.29 is 72.4 Å². The molecule has 2 aliphatic rings. The molecule has 0 aromatic heterocycles. The number of fused-ring (bicyclic) bond motifs is 3. The van der Waals surface area contributed by atoms with Crippen molar-refractivity contribution in [1.29, 1.82) is 0 Å². The Morgan fingerprint density at radius 3 is 1.32 bits per heavy atom. The van der Waals surface area contributed by atoms with Crippen LogP contribution in [0.1, 0.15) is 124 Å². The van der Waals surface area contributed by atoms with Crippen molar-refractivity contribution in [1.82, 2.24) is 0 Å². The Bertz CT molecular complexity index is 2110. The average molecular weight is 905 g/mol. The van der Waals surface area contributed by atoms with Crippen molar-refractivity contribution in [3.8, 4) is 11.1 Å². The van der Waals surface area contributed by atoms with E-state index < -0.39 is 44.7 Å². The Balaban J connectivity index is 0.00000360. The summed E-state index contributed by atoms with van der Waals surface area (Å²) in [5, 5.41) is 0. The second kappa shape index (κ2) is 16.4. The summed E-state index contributed by atoms with van der Waals surface area (Å²) in [6, 6.07) is 23.8. The molecule has 0 saturated heterocycles. The van der Waals surface area contributed by atoms with E-state index >= 15 is 0 Å². The first kappa shape index (κ1) is 47.0. The fourth-order valence-electron chi connectivity index (χ4n) is 8.00. The number of halogens is 8. The monoisotopic (exact) mass is 902 g/mol. The van der Waals surface area contributed by atoms with Gasteiger partial charge in [0.15, 0.2) is 0 Å². The van der Waals surface area contributed by atoms with Crippen LogP contribution in [-0.4, -0.2) is 3.21 Å². The summed E-state index contributed by atoms with van der Waals surface area (Å²) in [5.74, 6) is 0.128. The Labute approximate surface area is 355 Å². The molecule has 304 valence electrons. The molecule has 0 N–H and O–H groups in total. The van der Waals surface area contributed by atoms with Crippen LogP contribution < -0.4 is 24.8 Å². The zero-order chi connectivity index (χ0) is 40.6. The van der Waals surface area contributed by atoms with E-state index in [0.717, 1.165) is 52.1 Å². The Kier molecular flexibility index (Phi) is 13.5. The zero-order valence-electron chi connectivity index (χ0n) is 34.5. The third kappa shape index (κ3) is 9.52. The third-order valence-corrected chi connectivity index (χ3v) is 19.6. The van der Waals surface area contributed by atoms with E-state index in [1.165, 1.54) is 26.5 Å². The van der Waals surface area contributed by atoms with Gasteiger partial charge in [-0.15, -0.1) is 0 Å². The van der Waals surface area contributed by atoms with Crippen LogP contribution in [0.25, 0.3) is 11.1 Å².